The highest BCUT2D eigenvalue weighted by atomic mass is 31.1. The van der Waals surface area contributed by atoms with Crippen molar-refractivity contribution in [3.05, 3.63) is 0 Å². The van der Waals surface area contributed by atoms with Gasteiger partial charge in [0.1, 0.15) is 0 Å². The SMILES string of the molecule is CCP(C)C.[B].[B].[B].[B].[B].[B].[B].[B].[B].[B].[B].[B].[B].[B].[B].[B].[B].[B].[B].[B].[B].[B].[B].[B].[B].[B].[B].[B].[B].[B].[B].[B].[B].[B]. The predicted octanol–water partition coefficient (Wildman–Crippen LogP) is -11.2. The molecule has 0 N–H and O–H groups in total. The van der Waals surface area contributed by atoms with E-state index in [1.165, 1.54) is 6.16 Å². The fraction of sp³-hybridized carbons (Fsp3) is 1.00. The molecule has 0 spiro atoms. The Bertz CT molecular complexity index is 39.2. The van der Waals surface area contributed by atoms with Crippen LogP contribution in [0.4, 0.5) is 0 Å². The van der Waals surface area contributed by atoms with Gasteiger partial charge >= 0.3 is 0 Å². The van der Waals surface area contributed by atoms with Crippen LogP contribution < -0.4 is 0 Å². The van der Waals surface area contributed by atoms with E-state index in [0.29, 0.717) is 7.92 Å². The summed E-state index contributed by atoms with van der Waals surface area (Å²) in [4.78, 5) is 0. The molecule has 39 heavy (non-hydrogen) atoms. The Labute approximate surface area is 318 Å². The van der Waals surface area contributed by atoms with Crippen molar-refractivity contribution in [2.24, 2.45) is 0 Å². The minimum atomic E-state index is 0. The van der Waals surface area contributed by atoms with Crippen LogP contribution in [0.5, 0.6) is 0 Å². The van der Waals surface area contributed by atoms with Crippen LogP contribution in [0, 0.1) is 0 Å². The zero-order valence-electron chi connectivity index (χ0n) is 23.8. The van der Waals surface area contributed by atoms with Crippen LogP contribution in [-0.2, 0) is 0 Å². The molecule has 0 rings (SSSR count). The lowest BCUT2D eigenvalue weighted by atomic mass is 10.8. The fourth-order valence-corrected chi connectivity index (χ4v) is 0. The van der Waals surface area contributed by atoms with Crippen LogP contribution >= 0.6 is 7.92 Å². The molecular formula is C4H11B34P. The van der Waals surface area contributed by atoms with Gasteiger partial charge in [-0.3, -0.25) is 0 Å². The molecule has 102 radical (unpaired) electrons. The van der Waals surface area contributed by atoms with Crippen LogP contribution in [0.1, 0.15) is 6.92 Å². The first-order valence-corrected chi connectivity index (χ1v) is 4.34. The van der Waals surface area contributed by atoms with Gasteiger partial charge in [-0.2, -0.15) is 0 Å². The second-order valence-electron chi connectivity index (χ2n) is 1.40. The average Bonchev–Trinajstić information content (AvgIpc) is 1.38. The van der Waals surface area contributed by atoms with Crippen molar-refractivity contribution in [3.63, 3.8) is 0 Å². The predicted molar refractivity (Wildman–Crippen MR) is 225 cm³/mol. The van der Waals surface area contributed by atoms with Gasteiger partial charge in [0, 0.05) is 286 Å². The Hall–Kier alpha value is 2.64. The maximum atomic E-state index is 2.29. The summed E-state index contributed by atoms with van der Waals surface area (Å²) >= 11 is 0. The summed E-state index contributed by atoms with van der Waals surface area (Å²) in [5.41, 5.74) is 0. The monoisotopic (exact) mass is 464 g/mol. The molecule has 0 nitrogen and oxygen atoms in total. The third-order valence-corrected chi connectivity index (χ3v) is 1.90. The molecule has 0 saturated carbocycles. The van der Waals surface area contributed by atoms with E-state index in [-0.39, 0.29) is 286 Å². The lowest BCUT2D eigenvalue weighted by Crippen LogP contribution is -1.65. The van der Waals surface area contributed by atoms with Gasteiger partial charge in [-0.25, -0.2) is 0 Å². The van der Waals surface area contributed by atoms with E-state index in [1.807, 2.05) is 0 Å². The molecule has 0 aliphatic heterocycles. The van der Waals surface area contributed by atoms with E-state index < -0.39 is 0 Å². The van der Waals surface area contributed by atoms with E-state index in [0.717, 1.165) is 0 Å². The molecule has 0 bridgehead atoms. The van der Waals surface area contributed by atoms with Crippen molar-refractivity contribution >= 4 is 294 Å². The van der Waals surface area contributed by atoms with Gasteiger partial charge in [-0.1, -0.05) is 6.92 Å². The van der Waals surface area contributed by atoms with Crippen LogP contribution in [-0.4, -0.2) is 306 Å². The third-order valence-electron chi connectivity index (χ3n) is 0.632. The molecule has 0 unspecified atom stereocenters. The maximum absolute atomic E-state index is 2.29. The Morgan fingerprint density at radius 1 is 0.205 bits per heavy atom. The summed E-state index contributed by atoms with van der Waals surface area (Å²) in [6.07, 6.45) is 1.37. The topological polar surface area (TPSA) is 0 Å². The van der Waals surface area contributed by atoms with Gasteiger partial charge in [0.2, 0.25) is 0 Å². The van der Waals surface area contributed by atoms with E-state index in [2.05, 4.69) is 20.3 Å². The van der Waals surface area contributed by atoms with Gasteiger partial charge < -0.3 is 0 Å². The number of rotatable bonds is 1. The van der Waals surface area contributed by atoms with Crippen molar-refractivity contribution in [3.8, 4) is 0 Å². The molecule has 0 fully saturated rings. The van der Waals surface area contributed by atoms with E-state index in [4.69, 9.17) is 0 Å². The van der Waals surface area contributed by atoms with Crippen LogP contribution in [0.3, 0.4) is 0 Å². The molecule has 35 heteroatoms. The van der Waals surface area contributed by atoms with Crippen molar-refractivity contribution in [2.45, 2.75) is 6.92 Å². The zero-order valence-corrected chi connectivity index (χ0v) is 24.7. The Kier molecular flexibility index (Phi) is 58000. The highest BCUT2D eigenvalue weighted by Crippen LogP contribution is 2.21. The average molecular weight is 458 g/mol. The summed E-state index contributed by atoms with van der Waals surface area (Å²) in [5, 5.41) is 0. The van der Waals surface area contributed by atoms with Crippen molar-refractivity contribution in [1.82, 2.24) is 0 Å². The molecule has 0 aromatic carbocycles. The lowest BCUT2D eigenvalue weighted by Gasteiger charge is -1.92. The van der Waals surface area contributed by atoms with Crippen molar-refractivity contribution in [1.29, 1.82) is 0 Å². The highest BCUT2D eigenvalue weighted by molar-refractivity contribution is 7.55. The van der Waals surface area contributed by atoms with Crippen LogP contribution in [0.25, 0.3) is 0 Å². The van der Waals surface area contributed by atoms with Crippen molar-refractivity contribution in [2.75, 3.05) is 19.5 Å². The fourth-order valence-electron chi connectivity index (χ4n) is 0. The Morgan fingerprint density at radius 3 is 0.231 bits per heavy atom. The summed E-state index contributed by atoms with van der Waals surface area (Å²) in [6.45, 7) is 6.80. The smallest absolute Gasteiger partial charge is 0 e. The number of hydrogen-bond acceptors (Lipinski definition) is 0. The summed E-state index contributed by atoms with van der Waals surface area (Å²) in [5.74, 6) is 0. The standard InChI is InChI=1S/C4H11P.34B/c1-4-5(2)3;;;;;;;;;;;;;;;;;;;;;;;;;;;;;;;;;;/h4H2,1-3H3;;;;;;;;;;;;;;;;;;;;;;;;;;;;;;;;;;. The normalized spacial score (nSPS) is 1.23. The minimum Gasteiger partial charge on any atom is -0.113 e. The molecule has 0 heterocycles. The Morgan fingerprint density at radius 2 is 0.231 bits per heavy atom. The first-order valence-electron chi connectivity index (χ1n) is 1.92. The van der Waals surface area contributed by atoms with Crippen LogP contribution in [0.2, 0.25) is 0 Å². The van der Waals surface area contributed by atoms with E-state index in [9.17, 15) is 0 Å². The van der Waals surface area contributed by atoms with Gasteiger partial charge in [0.25, 0.3) is 0 Å². The van der Waals surface area contributed by atoms with Gasteiger partial charge in [0.15, 0.2) is 0 Å². The second-order valence-corrected chi connectivity index (χ2v) is 4.19. The lowest BCUT2D eigenvalue weighted by molar-refractivity contribution is 1.50. The highest BCUT2D eigenvalue weighted by Gasteiger charge is 1.78. The molecule has 0 aromatic rings. The Balaban J connectivity index is -0.000000000143. The summed E-state index contributed by atoms with van der Waals surface area (Å²) < 4.78 is 0. The second kappa shape index (κ2) is 1450. The zero-order chi connectivity index (χ0) is 4.28. The quantitative estimate of drug-likeness (QED) is 0.271. The first-order chi connectivity index (χ1) is 2.27. The summed E-state index contributed by atoms with van der Waals surface area (Å²) in [7, 11) is 0.402. The van der Waals surface area contributed by atoms with Crippen LogP contribution in [0.15, 0.2) is 0 Å². The molecule has 0 aromatic heterocycles. The van der Waals surface area contributed by atoms with Gasteiger partial charge in [-0.15, -0.1) is 7.92 Å². The molecule has 0 aliphatic rings. The van der Waals surface area contributed by atoms with E-state index >= 15 is 0 Å². The van der Waals surface area contributed by atoms with E-state index in [1.54, 1.807) is 0 Å². The largest absolute Gasteiger partial charge is 0.113 e. The van der Waals surface area contributed by atoms with Gasteiger partial charge in [-0.05, 0) is 19.5 Å². The summed E-state index contributed by atoms with van der Waals surface area (Å²) in [6, 6.07) is 0. The number of hydrogen-bond donors (Lipinski definition) is 0. The minimum absolute atomic E-state index is 0. The molecule has 0 aliphatic carbocycles. The molecule has 0 atom stereocenters. The third kappa shape index (κ3) is 2820. The van der Waals surface area contributed by atoms with Crippen molar-refractivity contribution < 1.29 is 0 Å². The molecule has 134 valence electrons. The molecule has 0 saturated heterocycles. The molecular weight excluding hydrogens is 447 g/mol. The molecule has 0 amide bonds. The van der Waals surface area contributed by atoms with Gasteiger partial charge in [0.05, 0.1) is 0 Å². The first kappa shape index (κ1) is 1560. The maximum Gasteiger partial charge on any atom is 0 e.